The first-order valence-electron chi connectivity index (χ1n) is 7.64. The van der Waals surface area contributed by atoms with Gasteiger partial charge in [-0.05, 0) is 31.7 Å². The molecule has 3 rings (SSSR count). The van der Waals surface area contributed by atoms with E-state index in [1.54, 1.807) is 0 Å². The van der Waals surface area contributed by atoms with Gasteiger partial charge in [0.1, 0.15) is 0 Å². The minimum atomic E-state index is -0.115. The molecule has 0 aromatic heterocycles. The predicted molar refractivity (Wildman–Crippen MR) is 79.4 cm³/mol. The van der Waals surface area contributed by atoms with Crippen molar-refractivity contribution < 1.29 is 9.84 Å². The van der Waals surface area contributed by atoms with Crippen molar-refractivity contribution in [1.82, 2.24) is 4.90 Å². The van der Waals surface area contributed by atoms with Gasteiger partial charge in [0.2, 0.25) is 0 Å². The van der Waals surface area contributed by atoms with Crippen molar-refractivity contribution in [3.63, 3.8) is 0 Å². The van der Waals surface area contributed by atoms with Crippen LogP contribution in [0.15, 0.2) is 30.3 Å². The van der Waals surface area contributed by atoms with E-state index in [0.29, 0.717) is 0 Å². The van der Waals surface area contributed by atoms with Crippen molar-refractivity contribution >= 4 is 0 Å². The van der Waals surface area contributed by atoms with Crippen molar-refractivity contribution in [3.05, 3.63) is 35.9 Å². The zero-order valence-electron chi connectivity index (χ0n) is 12.3. The lowest BCUT2D eigenvalue weighted by atomic mass is 9.77. The maximum absolute atomic E-state index is 9.91. The van der Waals surface area contributed by atoms with Gasteiger partial charge in [-0.25, -0.2) is 0 Å². The molecule has 1 N–H and O–H groups in total. The summed E-state index contributed by atoms with van der Waals surface area (Å²) in [5.74, 6) is 0. The summed E-state index contributed by atoms with van der Waals surface area (Å²) >= 11 is 0. The smallest absolute Gasteiger partial charge is 0.0613 e. The minimum Gasteiger partial charge on any atom is -0.394 e. The van der Waals surface area contributed by atoms with Gasteiger partial charge in [-0.2, -0.15) is 0 Å². The molecular weight excluding hydrogens is 250 g/mol. The quantitative estimate of drug-likeness (QED) is 0.919. The number of rotatable bonds is 3. The molecule has 20 heavy (non-hydrogen) atoms. The summed E-state index contributed by atoms with van der Waals surface area (Å²) in [6.45, 7) is 6.13. The highest BCUT2D eigenvalue weighted by molar-refractivity contribution is 5.16. The summed E-state index contributed by atoms with van der Waals surface area (Å²) in [4.78, 5) is 2.46. The zero-order chi connectivity index (χ0) is 14.1. The molecule has 0 amide bonds. The topological polar surface area (TPSA) is 32.7 Å². The monoisotopic (exact) mass is 275 g/mol. The van der Waals surface area contributed by atoms with E-state index in [2.05, 4.69) is 42.2 Å². The second-order valence-corrected chi connectivity index (χ2v) is 6.83. The van der Waals surface area contributed by atoms with E-state index in [1.807, 2.05) is 0 Å². The summed E-state index contributed by atoms with van der Waals surface area (Å²) in [6.07, 6.45) is 3.43. The summed E-state index contributed by atoms with van der Waals surface area (Å²) in [6, 6.07) is 10.6. The Labute approximate surface area is 121 Å². The van der Waals surface area contributed by atoms with Gasteiger partial charge < -0.3 is 9.84 Å². The first-order valence-corrected chi connectivity index (χ1v) is 7.64. The van der Waals surface area contributed by atoms with Crippen LogP contribution in [0.3, 0.4) is 0 Å². The van der Waals surface area contributed by atoms with Crippen LogP contribution in [-0.4, -0.2) is 41.9 Å². The molecule has 0 bridgehead atoms. The van der Waals surface area contributed by atoms with Crippen LogP contribution >= 0.6 is 0 Å². The molecule has 0 radical (unpaired) electrons. The third kappa shape index (κ3) is 2.62. The predicted octanol–water partition coefficient (Wildman–Crippen LogP) is 2.44. The summed E-state index contributed by atoms with van der Waals surface area (Å²) in [5, 5.41) is 9.91. The molecule has 2 saturated heterocycles. The molecule has 110 valence electrons. The van der Waals surface area contributed by atoms with Crippen LogP contribution in [0, 0.1) is 5.41 Å². The molecule has 2 heterocycles. The van der Waals surface area contributed by atoms with Gasteiger partial charge in [-0.15, -0.1) is 0 Å². The van der Waals surface area contributed by atoms with Gasteiger partial charge in [0, 0.05) is 30.7 Å². The Hall–Kier alpha value is -0.900. The molecular formula is C17H25NO2. The Balaban J connectivity index is 1.78. The average molecular weight is 275 g/mol. The van der Waals surface area contributed by atoms with E-state index in [0.717, 1.165) is 39.1 Å². The molecule has 1 spiro atoms. The molecule has 3 heteroatoms. The maximum Gasteiger partial charge on any atom is 0.0613 e. The van der Waals surface area contributed by atoms with Crippen LogP contribution in [-0.2, 0) is 11.3 Å². The first kappa shape index (κ1) is 14.1. The van der Waals surface area contributed by atoms with Crippen LogP contribution in [0.2, 0.25) is 0 Å². The van der Waals surface area contributed by atoms with Gasteiger partial charge >= 0.3 is 0 Å². The Morgan fingerprint density at radius 3 is 2.75 bits per heavy atom. The van der Waals surface area contributed by atoms with Crippen molar-refractivity contribution in [2.45, 2.75) is 38.3 Å². The van der Waals surface area contributed by atoms with Crippen LogP contribution in [0.4, 0.5) is 0 Å². The number of hydrogen-bond donors (Lipinski definition) is 1. The van der Waals surface area contributed by atoms with E-state index in [4.69, 9.17) is 4.74 Å². The molecule has 0 aliphatic carbocycles. The Morgan fingerprint density at radius 1 is 1.30 bits per heavy atom. The highest BCUT2D eigenvalue weighted by atomic mass is 16.5. The number of benzene rings is 1. The van der Waals surface area contributed by atoms with Crippen molar-refractivity contribution in [2.24, 2.45) is 5.41 Å². The molecule has 2 aliphatic heterocycles. The number of aliphatic hydroxyl groups excluding tert-OH is 1. The molecule has 1 aromatic carbocycles. The first-order chi connectivity index (χ1) is 9.66. The summed E-state index contributed by atoms with van der Waals surface area (Å²) in [5.41, 5.74) is 1.46. The molecule has 2 fully saturated rings. The average Bonchev–Trinajstić information content (AvgIpc) is 2.73. The Morgan fingerprint density at radius 2 is 2.10 bits per heavy atom. The summed E-state index contributed by atoms with van der Waals surface area (Å²) < 4.78 is 5.74. The van der Waals surface area contributed by atoms with Crippen LogP contribution in [0.5, 0.6) is 0 Å². The highest BCUT2D eigenvalue weighted by Crippen LogP contribution is 2.46. The van der Waals surface area contributed by atoms with E-state index < -0.39 is 0 Å². The normalized spacial score (nSPS) is 34.7. The third-order valence-corrected chi connectivity index (χ3v) is 5.01. The van der Waals surface area contributed by atoms with E-state index in [9.17, 15) is 5.11 Å². The van der Waals surface area contributed by atoms with Crippen LogP contribution < -0.4 is 0 Å². The number of nitrogens with zero attached hydrogens (tertiary/aromatic N) is 1. The molecule has 3 nitrogen and oxygen atoms in total. The standard InChI is InChI=1S/C17H25NO2/c1-16(13-19)11-17(8-5-9-20-14-17)12-18(16)10-15-6-3-2-4-7-15/h2-4,6-7,19H,5,8-14H2,1H3/t16-,17+/m1/s1. The second kappa shape index (κ2) is 5.47. The Bertz CT molecular complexity index is 442. The van der Waals surface area contributed by atoms with Crippen molar-refractivity contribution in [2.75, 3.05) is 26.4 Å². The number of aliphatic hydroxyl groups is 1. The lowest BCUT2D eigenvalue weighted by molar-refractivity contribution is -0.00323. The number of hydrogen-bond acceptors (Lipinski definition) is 3. The zero-order valence-corrected chi connectivity index (χ0v) is 12.3. The van der Waals surface area contributed by atoms with Gasteiger partial charge in [0.05, 0.1) is 13.2 Å². The van der Waals surface area contributed by atoms with Gasteiger partial charge in [0.15, 0.2) is 0 Å². The van der Waals surface area contributed by atoms with Crippen LogP contribution in [0.1, 0.15) is 31.7 Å². The van der Waals surface area contributed by atoms with Crippen LogP contribution in [0.25, 0.3) is 0 Å². The molecule has 0 saturated carbocycles. The number of likely N-dealkylation sites (tertiary alicyclic amines) is 1. The van der Waals surface area contributed by atoms with Gasteiger partial charge in [0.25, 0.3) is 0 Å². The molecule has 0 unspecified atom stereocenters. The lowest BCUT2D eigenvalue weighted by Gasteiger charge is -2.33. The minimum absolute atomic E-state index is 0.115. The maximum atomic E-state index is 9.91. The Kier molecular flexibility index (Phi) is 3.85. The molecule has 1 aromatic rings. The van der Waals surface area contributed by atoms with Crippen molar-refractivity contribution in [1.29, 1.82) is 0 Å². The number of ether oxygens (including phenoxy) is 1. The fourth-order valence-electron chi connectivity index (χ4n) is 3.95. The largest absolute Gasteiger partial charge is 0.394 e. The van der Waals surface area contributed by atoms with Crippen molar-refractivity contribution in [3.8, 4) is 0 Å². The SMILES string of the molecule is C[C@]1(CO)C[C@@]2(CCCOC2)CN1Cc1ccccc1. The summed E-state index contributed by atoms with van der Waals surface area (Å²) in [7, 11) is 0. The van der Waals surface area contributed by atoms with E-state index >= 15 is 0 Å². The van der Waals surface area contributed by atoms with E-state index in [1.165, 1.54) is 12.0 Å². The third-order valence-electron chi connectivity index (χ3n) is 5.01. The lowest BCUT2D eigenvalue weighted by Crippen LogP contribution is -2.43. The van der Waals surface area contributed by atoms with Gasteiger partial charge in [-0.3, -0.25) is 4.90 Å². The fourth-order valence-corrected chi connectivity index (χ4v) is 3.95. The van der Waals surface area contributed by atoms with E-state index in [-0.39, 0.29) is 17.6 Å². The van der Waals surface area contributed by atoms with Gasteiger partial charge in [-0.1, -0.05) is 30.3 Å². The fraction of sp³-hybridized carbons (Fsp3) is 0.647. The molecule has 2 atom stereocenters. The highest BCUT2D eigenvalue weighted by Gasteiger charge is 2.50. The molecule has 2 aliphatic rings. The second-order valence-electron chi connectivity index (χ2n) is 6.83.